The first-order valence-corrected chi connectivity index (χ1v) is 10.5. The van der Waals surface area contributed by atoms with Gasteiger partial charge in [0, 0.05) is 18.8 Å². The Kier molecular flexibility index (Phi) is 6.00. The molecule has 3 rings (SSSR count). The van der Waals surface area contributed by atoms with Crippen LogP contribution in [0.3, 0.4) is 0 Å². The zero-order chi connectivity index (χ0) is 20.3. The minimum absolute atomic E-state index is 0.112. The molecule has 1 heterocycles. The van der Waals surface area contributed by atoms with E-state index in [2.05, 4.69) is 5.32 Å². The third kappa shape index (κ3) is 4.34. The van der Waals surface area contributed by atoms with Gasteiger partial charge in [-0.15, -0.1) is 0 Å². The Hall–Kier alpha value is -2.45. The number of benzene rings is 2. The largest absolute Gasteiger partial charge is 0.497 e. The van der Waals surface area contributed by atoms with Crippen LogP contribution in [0.1, 0.15) is 18.4 Å². The van der Waals surface area contributed by atoms with E-state index in [-0.39, 0.29) is 23.2 Å². The molecule has 150 valence electrons. The van der Waals surface area contributed by atoms with Crippen molar-refractivity contribution >= 4 is 21.6 Å². The molecule has 1 aliphatic rings. The zero-order valence-corrected chi connectivity index (χ0v) is 16.6. The molecule has 28 heavy (non-hydrogen) atoms. The Bertz CT molecular complexity index is 961. The first-order chi connectivity index (χ1) is 13.3. The summed E-state index contributed by atoms with van der Waals surface area (Å²) in [5.41, 5.74) is 1.15. The maximum Gasteiger partial charge on any atom is 0.243 e. The number of rotatable bonds is 5. The minimum atomic E-state index is -3.69. The van der Waals surface area contributed by atoms with E-state index in [4.69, 9.17) is 4.74 Å². The maximum absolute atomic E-state index is 13.2. The number of carbonyl (C=O) groups is 1. The Morgan fingerprint density at radius 3 is 2.57 bits per heavy atom. The predicted octanol–water partition coefficient (Wildman–Crippen LogP) is 3.18. The number of hydrogen-bond acceptors (Lipinski definition) is 4. The fourth-order valence-corrected chi connectivity index (χ4v) is 4.80. The number of carbonyl (C=O) groups excluding carboxylic acids is 1. The lowest BCUT2D eigenvalue weighted by molar-refractivity contribution is -0.120. The van der Waals surface area contributed by atoms with E-state index in [9.17, 15) is 17.6 Å². The second-order valence-electron chi connectivity index (χ2n) is 6.83. The summed E-state index contributed by atoms with van der Waals surface area (Å²) < 4.78 is 45.5. The molecule has 0 aliphatic carbocycles. The minimum Gasteiger partial charge on any atom is -0.497 e. The van der Waals surface area contributed by atoms with Crippen LogP contribution in [0.15, 0.2) is 47.4 Å². The topological polar surface area (TPSA) is 75.7 Å². The molecule has 2 aromatic carbocycles. The SMILES string of the molecule is COc1ccc(S(=O)(=O)N2CCCC(C(=O)Nc3ccc(F)cc3C)C2)cc1. The lowest BCUT2D eigenvalue weighted by atomic mass is 9.98. The number of aryl methyl sites for hydroxylation is 1. The van der Waals surface area contributed by atoms with E-state index in [0.717, 1.165) is 0 Å². The van der Waals surface area contributed by atoms with Crippen molar-refractivity contribution in [3.63, 3.8) is 0 Å². The summed E-state index contributed by atoms with van der Waals surface area (Å²) in [6.45, 7) is 2.19. The van der Waals surface area contributed by atoms with Gasteiger partial charge in [-0.2, -0.15) is 4.31 Å². The van der Waals surface area contributed by atoms with E-state index in [0.29, 0.717) is 36.4 Å². The third-order valence-electron chi connectivity index (χ3n) is 4.90. The van der Waals surface area contributed by atoms with Gasteiger partial charge in [-0.05, 0) is 67.8 Å². The molecule has 0 radical (unpaired) electrons. The number of anilines is 1. The smallest absolute Gasteiger partial charge is 0.243 e. The van der Waals surface area contributed by atoms with Gasteiger partial charge < -0.3 is 10.1 Å². The van der Waals surface area contributed by atoms with Crippen molar-refractivity contribution in [2.75, 3.05) is 25.5 Å². The normalized spacial score (nSPS) is 17.9. The Morgan fingerprint density at radius 1 is 1.21 bits per heavy atom. The van der Waals surface area contributed by atoms with E-state index in [1.165, 1.54) is 41.7 Å². The van der Waals surface area contributed by atoms with Crippen LogP contribution < -0.4 is 10.1 Å². The van der Waals surface area contributed by atoms with Gasteiger partial charge in [-0.3, -0.25) is 4.79 Å². The molecular formula is C20H23FN2O4S. The maximum atomic E-state index is 13.2. The van der Waals surface area contributed by atoms with Crippen LogP contribution >= 0.6 is 0 Å². The number of nitrogens with zero attached hydrogens (tertiary/aromatic N) is 1. The number of piperidine rings is 1. The van der Waals surface area contributed by atoms with Crippen LogP contribution in [0, 0.1) is 18.7 Å². The average Bonchev–Trinajstić information content (AvgIpc) is 2.70. The first kappa shape index (κ1) is 20.3. The molecule has 6 nitrogen and oxygen atoms in total. The second-order valence-corrected chi connectivity index (χ2v) is 8.76. The molecule has 0 aromatic heterocycles. The number of nitrogens with one attached hydrogen (secondary N) is 1. The Labute approximate surface area is 164 Å². The number of methoxy groups -OCH3 is 1. The summed E-state index contributed by atoms with van der Waals surface area (Å²) in [4.78, 5) is 12.8. The van der Waals surface area contributed by atoms with Crippen LogP contribution in [-0.4, -0.2) is 38.8 Å². The van der Waals surface area contributed by atoms with E-state index >= 15 is 0 Å². The lowest BCUT2D eigenvalue weighted by Gasteiger charge is -2.31. The van der Waals surface area contributed by atoms with Gasteiger partial charge in [0.25, 0.3) is 0 Å². The van der Waals surface area contributed by atoms with Gasteiger partial charge in [-0.1, -0.05) is 0 Å². The fourth-order valence-electron chi connectivity index (χ4n) is 3.27. The summed E-state index contributed by atoms with van der Waals surface area (Å²) in [7, 11) is -2.18. The molecule has 1 N–H and O–H groups in total. The van der Waals surface area contributed by atoms with E-state index in [1.807, 2.05) is 0 Å². The van der Waals surface area contributed by atoms with Crippen molar-refractivity contribution in [1.29, 1.82) is 0 Å². The molecule has 0 saturated carbocycles. The fraction of sp³-hybridized carbons (Fsp3) is 0.350. The summed E-state index contributed by atoms with van der Waals surface area (Å²) >= 11 is 0. The van der Waals surface area contributed by atoms with Gasteiger partial charge in [0.05, 0.1) is 17.9 Å². The number of hydrogen-bond donors (Lipinski definition) is 1. The van der Waals surface area contributed by atoms with Crippen LogP contribution in [0.2, 0.25) is 0 Å². The van der Waals surface area contributed by atoms with E-state index in [1.54, 1.807) is 19.1 Å². The highest BCUT2D eigenvalue weighted by molar-refractivity contribution is 7.89. The quantitative estimate of drug-likeness (QED) is 0.828. The van der Waals surface area contributed by atoms with Gasteiger partial charge in [0.1, 0.15) is 11.6 Å². The van der Waals surface area contributed by atoms with Crippen LogP contribution in [-0.2, 0) is 14.8 Å². The number of sulfonamides is 1. The third-order valence-corrected chi connectivity index (χ3v) is 6.78. The van der Waals surface area contributed by atoms with Crippen molar-refractivity contribution in [2.24, 2.45) is 5.92 Å². The average molecular weight is 406 g/mol. The summed E-state index contributed by atoms with van der Waals surface area (Å²) in [6, 6.07) is 10.3. The molecule has 0 bridgehead atoms. The first-order valence-electron chi connectivity index (χ1n) is 9.02. The van der Waals surface area contributed by atoms with Crippen LogP contribution in [0.25, 0.3) is 0 Å². The molecular weight excluding hydrogens is 383 g/mol. The number of amides is 1. The Morgan fingerprint density at radius 2 is 1.93 bits per heavy atom. The molecule has 1 fully saturated rings. The van der Waals surface area contributed by atoms with Crippen LogP contribution in [0.4, 0.5) is 10.1 Å². The van der Waals surface area contributed by atoms with Gasteiger partial charge in [-0.25, -0.2) is 12.8 Å². The molecule has 8 heteroatoms. The zero-order valence-electron chi connectivity index (χ0n) is 15.8. The van der Waals surface area contributed by atoms with Crippen molar-refractivity contribution < 1.29 is 22.3 Å². The van der Waals surface area contributed by atoms with Gasteiger partial charge in [0.2, 0.25) is 15.9 Å². The molecule has 1 aliphatic heterocycles. The van der Waals surface area contributed by atoms with Gasteiger partial charge in [0.15, 0.2) is 0 Å². The summed E-state index contributed by atoms with van der Waals surface area (Å²) in [5.74, 6) is -0.523. The standard InChI is InChI=1S/C20H23FN2O4S/c1-14-12-16(21)5-10-19(14)22-20(24)15-4-3-11-23(13-15)28(25,26)18-8-6-17(27-2)7-9-18/h5-10,12,15H,3-4,11,13H2,1-2H3,(H,22,24). The highest BCUT2D eigenvalue weighted by atomic mass is 32.2. The monoisotopic (exact) mass is 406 g/mol. The van der Waals surface area contributed by atoms with Crippen molar-refractivity contribution in [2.45, 2.75) is 24.7 Å². The Balaban J connectivity index is 1.72. The highest BCUT2D eigenvalue weighted by Crippen LogP contribution is 2.26. The number of ether oxygens (including phenoxy) is 1. The van der Waals surface area contributed by atoms with Crippen molar-refractivity contribution in [3.8, 4) is 5.75 Å². The second kappa shape index (κ2) is 8.28. The van der Waals surface area contributed by atoms with Gasteiger partial charge >= 0.3 is 0 Å². The predicted molar refractivity (Wildman–Crippen MR) is 104 cm³/mol. The highest BCUT2D eigenvalue weighted by Gasteiger charge is 2.33. The lowest BCUT2D eigenvalue weighted by Crippen LogP contribution is -2.43. The van der Waals surface area contributed by atoms with Crippen molar-refractivity contribution in [3.05, 3.63) is 53.8 Å². The molecule has 1 atom stereocenters. The molecule has 1 amide bonds. The molecule has 2 aromatic rings. The van der Waals surface area contributed by atoms with Crippen LogP contribution in [0.5, 0.6) is 5.75 Å². The van der Waals surface area contributed by atoms with E-state index < -0.39 is 15.9 Å². The number of halogens is 1. The summed E-state index contributed by atoms with van der Waals surface area (Å²) in [6.07, 6.45) is 1.19. The molecule has 0 spiro atoms. The van der Waals surface area contributed by atoms with Crippen molar-refractivity contribution in [1.82, 2.24) is 4.31 Å². The molecule has 1 unspecified atom stereocenters. The molecule has 1 saturated heterocycles. The summed E-state index contributed by atoms with van der Waals surface area (Å²) in [5, 5.41) is 2.79.